The number of halogens is 2. The highest BCUT2D eigenvalue weighted by atomic mass is 19.1. The number of pyridine rings is 7. The predicted octanol–water partition coefficient (Wildman–Crippen LogP) is 13.9. The van der Waals surface area contributed by atoms with E-state index in [1.165, 1.54) is 0 Å². The molecule has 31 heteroatoms. The Morgan fingerprint density at radius 1 is 0.278 bits per heavy atom. The van der Waals surface area contributed by atoms with Crippen molar-refractivity contribution in [3.63, 3.8) is 0 Å². The van der Waals surface area contributed by atoms with E-state index in [0.29, 0.717) is 113 Å². The SMILES string of the molecule is CC(C)c1ccc(N2CCCC(O)(CN3CCN(C)CC3)C2)cn1.CC(C)c1ccc(N2CCC[C@@](O)(CN3CCN(C)CC3)C2)cn1.CC(C)c1ccc(N2CCC[C@](O)(CN3CCN(C)CC3)C2)cn1.CC(C)c1ccc(N2CC[C@@H](O)[C@H](F)C2)cn1.CC(C)c1ccc(N2CC[C@H](O)[C@@H](F)C2)cn1.COCC1(O)CCCN(c2ccc(C(C)C)nc2)C1.COC[C@]1(O)CCCN(c2ccc(C(C)C)nc2)C1. The standard InChI is InChI=1S/3C19H32N4O.2C15H24N2O2.2C13H19FN2O/c3*1-16(2)18-6-5-17(13-20-18)23-8-4-7-19(24,15-23)14-22-11-9-21(3)10-12-22;2*1-12(2)14-6-5-13(9-16-14)17-8-4-7-15(18,10-17)11-19-3;2*1-9(2)12-4-3-10(7-15-12)16-6-5-13(17)11(14)8-16/h3*5-6,13,16,24H,4,7-12,14-15H2,1-3H3;2*5-6,9,12,18H,4,7-8,10-11H2,1-3H3;2*3-4,7,9,11,13,17H,5-6,8H2,1-2H3/t2*19-;;15-;;2*11-,13-/m10.0.10/s1. The molecule has 7 aromatic rings. The van der Waals surface area contributed by atoms with Crippen molar-refractivity contribution in [2.45, 2.75) is 268 Å². The minimum Gasteiger partial charge on any atom is -0.390 e. The van der Waals surface area contributed by atoms with Gasteiger partial charge in [-0.15, -0.1) is 0 Å². The first-order valence-electron chi connectivity index (χ1n) is 54.0. The molecule has 802 valence electrons. The van der Waals surface area contributed by atoms with Crippen molar-refractivity contribution >= 4 is 39.8 Å². The number of piperidine rings is 7. The highest BCUT2D eigenvalue weighted by molar-refractivity contribution is 5.52. The Bertz CT molecular complexity index is 4400. The predicted molar refractivity (Wildman–Crippen MR) is 581 cm³/mol. The lowest BCUT2D eigenvalue weighted by Gasteiger charge is -2.44. The van der Waals surface area contributed by atoms with Gasteiger partial charge < -0.3 is 94.2 Å². The Kier molecular flexibility index (Phi) is 44.7. The third kappa shape index (κ3) is 35.8. The molecular weight excluding hydrogens is 1820 g/mol. The fourth-order valence-electron chi connectivity index (χ4n) is 20.8. The fourth-order valence-corrected chi connectivity index (χ4v) is 20.8. The number of piperazine rings is 3. The molecule has 10 aliphatic rings. The van der Waals surface area contributed by atoms with E-state index in [4.69, 9.17) is 9.47 Å². The van der Waals surface area contributed by atoms with E-state index in [2.05, 4.69) is 268 Å². The Balaban J connectivity index is 0.000000161. The lowest BCUT2D eigenvalue weighted by molar-refractivity contribution is -0.0395. The number of aromatic nitrogens is 7. The second kappa shape index (κ2) is 55.4. The van der Waals surface area contributed by atoms with E-state index in [0.717, 1.165) is 275 Å². The zero-order chi connectivity index (χ0) is 104. The third-order valence-corrected chi connectivity index (χ3v) is 30.1. The minimum absolute atomic E-state index is 0.254. The summed E-state index contributed by atoms with van der Waals surface area (Å²) in [5.74, 6) is 3.06. The molecule has 0 aromatic carbocycles. The summed E-state index contributed by atoms with van der Waals surface area (Å²) in [7, 11) is 9.78. The second-order valence-corrected chi connectivity index (χ2v) is 45.2. The monoisotopic (exact) mass is 2000 g/mol. The molecule has 0 radical (unpaired) electrons. The summed E-state index contributed by atoms with van der Waals surface area (Å²) in [6.45, 7) is 56.2. The number of likely N-dealkylation sites (N-methyl/N-ethyl adjacent to an activating group) is 3. The Hall–Kier alpha value is -8.09. The van der Waals surface area contributed by atoms with Gasteiger partial charge in [-0.3, -0.25) is 49.6 Å². The quantitative estimate of drug-likeness (QED) is 0.0296. The van der Waals surface area contributed by atoms with Gasteiger partial charge in [-0.2, -0.15) is 0 Å². The van der Waals surface area contributed by atoms with E-state index < -0.39 is 52.6 Å². The van der Waals surface area contributed by atoms with Crippen LogP contribution in [0.3, 0.4) is 0 Å². The van der Waals surface area contributed by atoms with Crippen LogP contribution in [0.15, 0.2) is 128 Å². The molecule has 10 aliphatic heterocycles. The van der Waals surface area contributed by atoms with Crippen molar-refractivity contribution in [1.82, 2.24) is 64.3 Å². The van der Waals surface area contributed by atoms with Gasteiger partial charge in [0.15, 0.2) is 0 Å². The van der Waals surface area contributed by atoms with Gasteiger partial charge in [0.1, 0.15) is 23.5 Å². The van der Waals surface area contributed by atoms with E-state index in [1.54, 1.807) is 26.6 Å². The van der Waals surface area contributed by atoms with Crippen LogP contribution in [0, 0.1) is 0 Å². The summed E-state index contributed by atoms with van der Waals surface area (Å²) in [4.78, 5) is 61.0. The second-order valence-electron chi connectivity index (χ2n) is 45.2. The number of nitrogens with zero attached hydrogens (tertiary/aromatic N) is 20. The summed E-state index contributed by atoms with van der Waals surface area (Å²) in [6.07, 6.45) is 19.7. The fraction of sp³-hybridized carbons (Fsp3) is 0.690. The van der Waals surface area contributed by atoms with Crippen LogP contribution >= 0.6 is 0 Å². The van der Waals surface area contributed by atoms with Crippen LogP contribution in [0.1, 0.15) is 255 Å². The van der Waals surface area contributed by atoms with Gasteiger partial charge in [-0.25, -0.2) is 8.78 Å². The average molecular weight is 2000 g/mol. The van der Waals surface area contributed by atoms with Gasteiger partial charge >= 0.3 is 0 Å². The number of hydrogen-bond acceptors (Lipinski definition) is 29. The van der Waals surface area contributed by atoms with Crippen LogP contribution in [-0.2, 0) is 9.47 Å². The number of rotatable bonds is 24. The van der Waals surface area contributed by atoms with E-state index in [-0.39, 0.29) is 13.1 Å². The average Bonchev–Trinajstić information content (AvgIpc) is 0.810. The molecule has 10 fully saturated rings. The van der Waals surface area contributed by atoms with Crippen LogP contribution in [0.25, 0.3) is 0 Å². The molecule has 0 aliphatic carbocycles. The summed E-state index contributed by atoms with van der Waals surface area (Å²) >= 11 is 0. The Morgan fingerprint density at radius 2 is 0.465 bits per heavy atom. The lowest BCUT2D eigenvalue weighted by Crippen LogP contribution is -2.57. The van der Waals surface area contributed by atoms with Gasteiger partial charge in [-0.1, -0.05) is 96.9 Å². The van der Waals surface area contributed by atoms with Crippen molar-refractivity contribution in [2.75, 3.05) is 273 Å². The number of β-amino-alcohol motifs (C(OH)–C–C–N with tert-alkyl or cyclic N) is 5. The molecule has 17 rings (SSSR count). The maximum Gasteiger partial charge on any atom is 0.143 e. The number of aliphatic hydroxyl groups is 7. The molecule has 7 aromatic heterocycles. The van der Waals surface area contributed by atoms with Crippen molar-refractivity contribution in [3.8, 4) is 0 Å². The van der Waals surface area contributed by atoms with Crippen molar-refractivity contribution in [3.05, 3.63) is 168 Å². The van der Waals surface area contributed by atoms with Crippen molar-refractivity contribution < 1.29 is 54.0 Å². The number of anilines is 7. The normalized spacial score (nSPS) is 25.8. The van der Waals surface area contributed by atoms with E-state index in [1.807, 2.05) is 65.0 Å². The molecule has 10 saturated heterocycles. The lowest BCUT2D eigenvalue weighted by atomic mass is 9.91. The van der Waals surface area contributed by atoms with E-state index >= 15 is 0 Å². The number of ether oxygens (including phenoxy) is 2. The van der Waals surface area contributed by atoms with E-state index in [9.17, 15) is 44.5 Å². The van der Waals surface area contributed by atoms with Crippen LogP contribution in [0.4, 0.5) is 48.6 Å². The smallest absolute Gasteiger partial charge is 0.143 e. The first kappa shape index (κ1) is 116. The molecule has 2 unspecified atom stereocenters. The number of hydrogen-bond donors (Lipinski definition) is 7. The van der Waals surface area contributed by atoms with Crippen molar-refractivity contribution in [2.24, 2.45) is 0 Å². The summed E-state index contributed by atoms with van der Waals surface area (Å²) in [6, 6.07) is 29.1. The number of alkyl halides is 2. The Morgan fingerprint density at radius 3 is 0.639 bits per heavy atom. The number of aliphatic hydroxyl groups excluding tert-OH is 2. The van der Waals surface area contributed by atoms with Crippen molar-refractivity contribution in [1.29, 1.82) is 0 Å². The highest BCUT2D eigenvalue weighted by Gasteiger charge is 2.42. The molecule has 0 amide bonds. The molecule has 17 heterocycles. The van der Waals surface area contributed by atoms with Gasteiger partial charge in [0.05, 0.1) is 139 Å². The topological polar surface area (TPSA) is 292 Å². The zero-order valence-electron chi connectivity index (χ0n) is 91.0. The molecule has 0 spiro atoms. The maximum atomic E-state index is 13.4. The molecule has 9 atom stereocenters. The van der Waals surface area contributed by atoms with Crippen LogP contribution in [0.5, 0.6) is 0 Å². The Labute approximate surface area is 862 Å². The molecule has 0 bridgehead atoms. The summed E-state index contributed by atoms with van der Waals surface area (Å²) in [5, 5.41) is 73.0. The molecule has 144 heavy (non-hydrogen) atoms. The minimum atomic E-state index is -1.16. The van der Waals surface area contributed by atoms with Gasteiger partial charge in [0.25, 0.3) is 0 Å². The highest BCUT2D eigenvalue weighted by Crippen LogP contribution is 2.36. The van der Waals surface area contributed by atoms with Crippen LogP contribution in [0.2, 0.25) is 0 Å². The van der Waals surface area contributed by atoms with Gasteiger partial charge in [0.2, 0.25) is 0 Å². The summed E-state index contributed by atoms with van der Waals surface area (Å²) < 4.78 is 37.1. The largest absolute Gasteiger partial charge is 0.390 e. The molecule has 7 N–H and O–H groups in total. The first-order valence-corrected chi connectivity index (χ1v) is 54.0. The van der Waals surface area contributed by atoms with Gasteiger partial charge in [0, 0.05) is 231 Å². The maximum absolute atomic E-state index is 13.4. The molecule has 0 saturated carbocycles. The van der Waals surface area contributed by atoms with Gasteiger partial charge in [-0.05, 0) is 225 Å². The molecular formula is C113H182F2N20O9. The van der Waals surface area contributed by atoms with Crippen LogP contribution < -0.4 is 34.3 Å². The van der Waals surface area contributed by atoms with Crippen LogP contribution in [-0.4, -0.2) is 391 Å². The molecule has 29 nitrogen and oxygen atoms in total. The summed E-state index contributed by atoms with van der Waals surface area (Å²) in [5.41, 5.74) is 11.8. The third-order valence-electron chi connectivity index (χ3n) is 30.1. The zero-order valence-corrected chi connectivity index (χ0v) is 91.0. The number of methoxy groups -OCH3 is 2. The first-order chi connectivity index (χ1) is 68.6.